The lowest BCUT2D eigenvalue weighted by atomic mass is 10.0. The third-order valence-electron chi connectivity index (χ3n) is 4.38. The summed E-state index contributed by atoms with van der Waals surface area (Å²) in [6.45, 7) is 4.93. The Balaban J connectivity index is 1.86. The molecular weight excluding hydrogens is 302 g/mol. The molecule has 1 atom stereocenters. The predicted molar refractivity (Wildman–Crippen MR) is 94.0 cm³/mol. The summed E-state index contributed by atoms with van der Waals surface area (Å²) < 4.78 is 5.18. The van der Waals surface area contributed by atoms with E-state index in [-0.39, 0.29) is 11.4 Å². The van der Waals surface area contributed by atoms with Crippen LogP contribution >= 0.6 is 0 Å². The number of phenolic OH excluding ortho intramolecular Hbond substituents is 1. The zero-order valence-electron chi connectivity index (χ0n) is 14.0. The minimum absolute atomic E-state index is 0.0952. The van der Waals surface area contributed by atoms with Gasteiger partial charge in [-0.25, -0.2) is 4.79 Å². The Morgan fingerprint density at radius 1 is 1.12 bits per heavy atom. The third kappa shape index (κ3) is 3.49. The molecule has 2 aromatic carbocycles. The summed E-state index contributed by atoms with van der Waals surface area (Å²) in [5.41, 5.74) is 3.49. The van der Waals surface area contributed by atoms with E-state index in [2.05, 4.69) is 43.4 Å². The molecule has 124 valence electrons. The molecule has 3 aromatic rings. The first-order valence-electron chi connectivity index (χ1n) is 8.22. The highest BCUT2D eigenvalue weighted by molar-refractivity contribution is 5.81. The fourth-order valence-electron chi connectivity index (χ4n) is 3.01. The van der Waals surface area contributed by atoms with Gasteiger partial charge in [-0.1, -0.05) is 36.8 Å². The lowest BCUT2D eigenvalue weighted by molar-refractivity contribution is -0.711. The van der Waals surface area contributed by atoms with Gasteiger partial charge < -0.3 is 14.8 Å². The summed E-state index contributed by atoms with van der Waals surface area (Å²) in [4.78, 5) is 11.8. The van der Waals surface area contributed by atoms with E-state index in [9.17, 15) is 9.90 Å². The topological polar surface area (TPSA) is 67.0 Å². The third-order valence-corrected chi connectivity index (χ3v) is 4.38. The molecule has 0 saturated carbocycles. The van der Waals surface area contributed by atoms with Crippen LogP contribution in [0.3, 0.4) is 0 Å². The second-order valence-corrected chi connectivity index (χ2v) is 6.14. The smallest absolute Gasteiger partial charge is 0.336 e. The Bertz CT molecular complexity index is 897. The normalized spacial score (nSPS) is 12.4. The average Bonchev–Trinajstić information content (AvgIpc) is 2.56. The summed E-state index contributed by atoms with van der Waals surface area (Å²) >= 11 is 0. The van der Waals surface area contributed by atoms with Crippen molar-refractivity contribution in [2.45, 2.75) is 32.9 Å². The number of phenols is 1. The Morgan fingerprint density at radius 3 is 2.58 bits per heavy atom. The number of aryl methyl sites for hydroxylation is 1. The van der Waals surface area contributed by atoms with Gasteiger partial charge in [-0.2, -0.15) is 0 Å². The minimum atomic E-state index is -0.389. The van der Waals surface area contributed by atoms with Crippen molar-refractivity contribution in [1.82, 2.24) is 0 Å². The van der Waals surface area contributed by atoms with Crippen molar-refractivity contribution in [3.05, 3.63) is 75.6 Å². The number of quaternary nitrogens is 1. The first-order valence-corrected chi connectivity index (χ1v) is 8.22. The SMILES string of the molecule is CC[C@@H]([NH2+]Cc1cc(=O)oc2cc(O)ccc12)c1ccc(C)cc1. The van der Waals surface area contributed by atoms with Crippen molar-refractivity contribution in [3.8, 4) is 5.75 Å². The van der Waals surface area contributed by atoms with E-state index in [1.54, 1.807) is 12.1 Å². The number of hydrogen-bond donors (Lipinski definition) is 2. The summed E-state index contributed by atoms with van der Waals surface area (Å²) in [5.74, 6) is 0.0952. The van der Waals surface area contributed by atoms with Crippen LogP contribution in [-0.2, 0) is 6.54 Å². The van der Waals surface area contributed by atoms with Crippen molar-refractivity contribution in [3.63, 3.8) is 0 Å². The van der Waals surface area contributed by atoms with Gasteiger partial charge in [0.2, 0.25) is 0 Å². The molecule has 1 aromatic heterocycles. The van der Waals surface area contributed by atoms with Crippen LogP contribution < -0.4 is 10.9 Å². The molecule has 3 N–H and O–H groups in total. The van der Waals surface area contributed by atoms with Crippen molar-refractivity contribution in [1.29, 1.82) is 0 Å². The highest BCUT2D eigenvalue weighted by Crippen LogP contribution is 2.21. The summed E-state index contributed by atoms with van der Waals surface area (Å²) in [7, 11) is 0. The van der Waals surface area contributed by atoms with E-state index in [0.29, 0.717) is 18.2 Å². The molecule has 4 nitrogen and oxygen atoms in total. The fourth-order valence-corrected chi connectivity index (χ4v) is 3.01. The van der Waals surface area contributed by atoms with Gasteiger partial charge in [0.25, 0.3) is 0 Å². The highest BCUT2D eigenvalue weighted by atomic mass is 16.4. The van der Waals surface area contributed by atoms with Crippen LogP contribution in [0.1, 0.15) is 36.1 Å². The van der Waals surface area contributed by atoms with Crippen LogP contribution in [0.25, 0.3) is 11.0 Å². The van der Waals surface area contributed by atoms with Gasteiger partial charge in [0.1, 0.15) is 23.9 Å². The minimum Gasteiger partial charge on any atom is -0.508 e. The Labute approximate surface area is 140 Å². The maximum atomic E-state index is 11.8. The van der Waals surface area contributed by atoms with Crippen molar-refractivity contribution < 1.29 is 14.8 Å². The molecule has 0 radical (unpaired) electrons. The summed E-state index contributed by atoms with van der Waals surface area (Å²) in [6.07, 6.45) is 1.00. The van der Waals surface area contributed by atoms with Crippen molar-refractivity contribution in [2.24, 2.45) is 0 Å². The molecule has 1 heterocycles. The first kappa shape index (κ1) is 16.3. The predicted octanol–water partition coefficient (Wildman–Crippen LogP) is 3.02. The molecular formula is C20H22NO3+. The lowest BCUT2D eigenvalue weighted by Crippen LogP contribution is -2.83. The van der Waals surface area contributed by atoms with Gasteiger partial charge in [-0.3, -0.25) is 0 Å². The van der Waals surface area contributed by atoms with Crippen molar-refractivity contribution in [2.75, 3.05) is 0 Å². The maximum Gasteiger partial charge on any atom is 0.336 e. The number of nitrogens with two attached hydrogens (primary N) is 1. The molecule has 0 bridgehead atoms. The largest absolute Gasteiger partial charge is 0.508 e. The maximum absolute atomic E-state index is 11.8. The lowest BCUT2D eigenvalue weighted by Gasteiger charge is -2.15. The van der Waals surface area contributed by atoms with Crippen LogP contribution in [0.5, 0.6) is 5.75 Å². The van der Waals surface area contributed by atoms with E-state index in [4.69, 9.17) is 4.42 Å². The number of hydrogen-bond acceptors (Lipinski definition) is 3. The molecule has 0 spiro atoms. The molecule has 0 aliphatic rings. The molecule has 4 heteroatoms. The van der Waals surface area contributed by atoms with Gasteiger partial charge in [-0.15, -0.1) is 0 Å². The number of aromatic hydroxyl groups is 1. The molecule has 0 fully saturated rings. The standard InChI is InChI=1S/C20H21NO3/c1-3-18(14-6-4-13(2)5-7-14)21-12-15-10-20(23)24-19-11-16(22)8-9-17(15)19/h4-11,18,21-22H,3,12H2,1-2H3/p+1/t18-/m1/s1. The van der Waals surface area contributed by atoms with Gasteiger partial charge in [0, 0.05) is 35.1 Å². The molecule has 0 aliphatic heterocycles. The van der Waals surface area contributed by atoms with Gasteiger partial charge in [0.05, 0.1) is 0 Å². The second kappa shape index (κ2) is 6.89. The van der Waals surface area contributed by atoms with E-state index < -0.39 is 0 Å². The Kier molecular flexibility index (Phi) is 4.67. The van der Waals surface area contributed by atoms with E-state index >= 15 is 0 Å². The molecule has 24 heavy (non-hydrogen) atoms. The number of rotatable bonds is 5. The van der Waals surface area contributed by atoms with Crippen LogP contribution in [0.4, 0.5) is 0 Å². The number of benzene rings is 2. The second-order valence-electron chi connectivity index (χ2n) is 6.14. The molecule has 3 rings (SSSR count). The zero-order valence-corrected chi connectivity index (χ0v) is 14.0. The molecule has 0 amide bonds. The Hall–Kier alpha value is -2.59. The van der Waals surface area contributed by atoms with E-state index in [0.717, 1.165) is 17.4 Å². The van der Waals surface area contributed by atoms with Crippen molar-refractivity contribution >= 4 is 11.0 Å². The summed E-state index contributed by atoms with van der Waals surface area (Å²) in [5, 5.41) is 12.7. The number of fused-ring (bicyclic) bond motifs is 1. The first-order chi connectivity index (χ1) is 11.6. The summed E-state index contributed by atoms with van der Waals surface area (Å²) in [6, 6.07) is 15.3. The quantitative estimate of drug-likeness (QED) is 0.709. The monoisotopic (exact) mass is 324 g/mol. The average molecular weight is 324 g/mol. The van der Waals surface area contributed by atoms with Gasteiger partial charge >= 0.3 is 5.63 Å². The Morgan fingerprint density at radius 2 is 1.88 bits per heavy atom. The van der Waals surface area contributed by atoms with Gasteiger partial charge in [-0.05, 0) is 19.1 Å². The highest BCUT2D eigenvalue weighted by Gasteiger charge is 2.14. The van der Waals surface area contributed by atoms with Crippen LogP contribution in [0.15, 0.2) is 57.7 Å². The van der Waals surface area contributed by atoms with Crippen LogP contribution in [0.2, 0.25) is 0 Å². The van der Waals surface area contributed by atoms with E-state index in [1.165, 1.54) is 23.3 Å². The van der Waals surface area contributed by atoms with Crippen LogP contribution in [0, 0.1) is 6.92 Å². The van der Waals surface area contributed by atoms with Crippen LogP contribution in [-0.4, -0.2) is 5.11 Å². The molecule has 0 aliphatic carbocycles. The fraction of sp³-hybridized carbons (Fsp3) is 0.250. The molecule has 0 unspecified atom stereocenters. The van der Waals surface area contributed by atoms with E-state index in [1.807, 2.05) is 0 Å². The molecule has 0 saturated heterocycles. The van der Waals surface area contributed by atoms with Gasteiger partial charge in [0.15, 0.2) is 0 Å². The zero-order chi connectivity index (χ0) is 17.1.